The van der Waals surface area contributed by atoms with E-state index >= 15 is 0 Å². The van der Waals surface area contributed by atoms with Crippen LogP contribution in [-0.4, -0.2) is 15.6 Å². The second kappa shape index (κ2) is 8.09. The van der Waals surface area contributed by atoms with E-state index in [4.69, 9.17) is 10.4 Å². The number of carboxylic acids is 1. The highest BCUT2D eigenvalue weighted by molar-refractivity contribution is 7.16. The molecule has 3 aromatic carbocycles. The molecule has 1 N–H and O–H groups in total. The second-order valence-electron chi connectivity index (χ2n) is 8.10. The fourth-order valence-electron chi connectivity index (χ4n) is 4.16. The number of carboxylic acid groups (broad SMARTS) is 1. The largest absolute Gasteiger partial charge is 0.477 e. The molecule has 5 aromatic rings. The van der Waals surface area contributed by atoms with Crippen molar-refractivity contribution < 1.29 is 9.90 Å². The number of hydrogen-bond donors (Lipinski definition) is 1. The molecule has 0 amide bonds. The molecule has 2 aromatic heterocycles. The van der Waals surface area contributed by atoms with E-state index in [2.05, 4.69) is 79.1 Å². The lowest BCUT2D eigenvalue weighted by atomic mass is 10.1. The van der Waals surface area contributed by atoms with Crippen LogP contribution >= 0.6 is 11.3 Å². The Bertz CT molecular complexity index is 1550. The molecule has 160 valence electrons. The van der Waals surface area contributed by atoms with E-state index < -0.39 is 5.97 Å². The maximum Gasteiger partial charge on any atom is 0.346 e. The molecule has 0 aliphatic carbocycles. The van der Waals surface area contributed by atoms with Gasteiger partial charge in [0.15, 0.2) is 0 Å². The number of nitriles is 1. The Kier molecular flexibility index (Phi) is 5.08. The quantitative estimate of drug-likeness (QED) is 0.235. The minimum Gasteiger partial charge on any atom is -0.477 e. The highest BCUT2D eigenvalue weighted by Crippen LogP contribution is 2.35. The van der Waals surface area contributed by atoms with Gasteiger partial charge in [0.2, 0.25) is 0 Å². The highest BCUT2D eigenvalue weighted by atomic mass is 32.1. The standard InChI is InChI=1S/C28H20N2O2S/c1-17-3-10-23-24-11-4-18(2)14-26(24)30(25(23)13-17)21-7-5-19(6-8-21)27-12-9-22(33-27)15-20(16-29)28(31)32/h3-15H,1-2H3,(H,31,32)/b20-15+. The molecule has 5 rings (SSSR count). The number of aromatic nitrogens is 1. The predicted octanol–water partition coefficient (Wildman–Crippen LogP) is 7.12. The molecule has 0 radical (unpaired) electrons. The fraction of sp³-hybridized carbons (Fsp3) is 0.0714. The van der Waals surface area contributed by atoms with Crippen LogP contribution in [0.2, 0.25) is 0 Å². The van der Waals surface area contributed by atoms with Crippen molar-refractivity contribution in [2.45, 2.75) is 13.8 Å². The van der Waals surface area contributed by atoms with E-state index in [0.29, 0.717) is 0 Å². The van der Waals surface area contributed by atoms with Gasteiger partial charge in [-0.15, -0.1) is 11.3 Å². The third-order valence-electron chi connectivity index (χ3n) is 5.75. The van der Waals surface area contributed by atoms with Gasteiger partial charge in [0.1, 0.15) is 11.6 Å². The molecule has 0 aliphatic rings. The number of rotatable bonds is 4. The normalized spacial score (nSPS) is 11.7. The summed E-state index contributed by atoms with van der Waals surface area (Å²) in [5, 5.41) is 20.5. The van der Waals surface area contributed by atoms with Gasteiger partial charge in [0, 0.05) is 26.2 Å². The summed E-state index contributed by atoms with van der Waals surface area (Å²) in [5.41, 5.74) is 6.67. The van der Waals surface area contributed by atoms with Crippen LogP contribution in [0.1, 0.15) is 16.0 Å². The van der Waals surface area contributed by atoms with Crippen LogP contribution in [-0.2, 0) is 4.79 Å². The molecule has 5 heteroatoms. The van der Waals surface area contributed by atoms with E-state index in [9.17, 15) is 4.79 Å². The lowest BCUT2D eigenvalue weighted by Crippen LogP contribution is -1.96. The summed E-state index contributed by atoms with van der Waals surface area (Å²) in [5.74, 6) is -1.21. The molecule has 2 heterocycles. The molecule has 0 saturated heterocycles. The Morgan fingerprint density at radius 1 is 0.909 bits per heavy atom. The molecule has 0 fully saturated rings. The highest BCUT2D eigenvalue weighted by Gasteiger charge is 2.13. The first-order valence-electron chi connectivity index (χ1n) is 10.5. The van der Waals surface area contributed by atoms with Crippen molar-refractivity contribution in [1.82, 2.24) is 4.57 Å². The van der Waals surface area contributed by atoms with Crippen LogP contribution in [0.4, 0.5) is 0 Å². The number of aryl methyl sites for hydroxylation is 2. The third kappa shape index (κ3) is 3.71. The van der Waals surface area contributed by atoms with E-state index in [0.717, 1.165) is 21.0 Å². The maximum atomic E-state index is 11.1. The average Bonchev–Trinajstić information content (AvgIpc) is 3.39. The van der Waals surface area contributed by atoms with Gasteiger partial charge < -0.3 is 9.67 Å². The van der Waals surface area contributed by atoms with Gasteiger partial charge in [0.25, 0.3) is 0 Å². The summed E-state index contributed by atoms with van der Waals surface area (Å²) >= 11 is 1.46. The van der Waals surface area contributed by atoms with E-state index in [1.807, 2.05) is 12.1 Å². The van der Waals surface area contributed by atoms with Crippen LogP contribution in [0, 0.1) is 25.2 Å². The maximum absolute atomic E-state index is 11.1. The summed E-state index contributed by atoms with van der Waals surface area (Å²) in [6, 6.07) is 27.1. The van der Waals surface area contributed by atoms with Crippen molar-refractivity contribution in [1.29, 1.82) is 5.26 Å². The minimum atomic E-state index is -1.21. The van der Waals surface area contributed by atoms with Crippen LogP contribution in [0.25, 0.3) is 44.0 Å². The first kappa shape index (κ1) is 20.7. The molecule has 0 aliphatic heterocycles. The summed E-state index contributed by atoms with van der Waals surface area (Å²) in [4.78, 5) is 12.9. The molecular weight excluding hydrogens is 428 g/mol. The number of thiophene rings is 1. The molecule has 0 bridgehead atoms. The van der Waals surface area contributed by atoms with E-state index in [1.165, 1.54) is 50.3 Å². The van der Waals surface area contributed by atoms with E-state index in [1.54, 1.807) is 6.07 Å². The first-order valence-corrected chi connectivity index (χ1v) is 11.3. The number of nitrogens with zero attached hydrogens (tertiary/aromatic N) is 2. The van der Waals surface area contributed by atoms with Crippen molar-refractivity contribution >= 4 is 45.2 Å². The Morgan fingerprint density at radius 2 is 1.52 bits per heavy atom. The van der Waals surface area contributed by atoms with E-state index in [-0.39, 0.29) is 5.57 Å². The predicted molar refractivity (Wildman–Crippen MR) is 135 cm³/mol. The van der Waals surface area contributed by atoms with Crippen LogP contribution in [0.3, 0.4) is 0 Å². The van der Waals surface area contributed by atoms with Crippen molar-refractivity contribution in [2.24, 2.45) is 0 Å². The number of aliphatic carboxylic acids is 1. The van der Waals surface area contributed by atoms with Crippen molar-refractivity contribution in [3.05, 3.63) is 94.4 Å². The van der Waals surface area contributed by atoms with Gasteiger partial charge in [-0.2, -0.15) is 5.26 Å². The second-order valence-corrected chi connectivity index (χ2v) is 9.22. The smallest absolute Gasteiger partial charge is 0.346 e. The van der Waals surface area contributed by atoms with Crippen LogP contribution < -0.4 is 0 Å². The summed E-state index contributed by atoms with van der Waals surface area (Å²) in [6.45, 7) is 4.22. The lowest BCUT2D eigenvalue weighted by molar-refractivity contribution is -0.132. The van der Waals surface area contributed by atoms with Crippen molar-refractivity contribution in [3.63, 3.8) is 0 Å². The average molecular weight is 449 g/mol. The molecule has 0 atom stereocenters. The van der Waals surface area contributed by atoms with Gasteiger partial charge in [-0.3, -0.25) is 0 Å². The molecule has 0 spiro atoms. The van der Waals surface area contributed by atoms with Crippen molar-refractivity contribution in [2.75, 3.05) is 0 Å². The van der Waals surface area contributed by atoms with Gasteiger partial charge in [-0.1, -0.05) is 36.4 Å². The summed E-state index contributed by atoms with van der Waals surface area (Å²) in [7, 11) is 0. The van der Waals surface area contributed by atoms with Gasteiger partial charge >= 0.3 is 5.97 Å². The fourth-order valence-corrected chi connectivity index (χ4v) is 5.12. The summed E-state index contributed by atoms with van der Waals surface area (Å²) in [6.07, 6.45) is 1.41. The van der Waals surface area contributed by atoms with Gasteiger partial charge in [0.05, 0.1) is 11.0 Å². The molecule has 0 unspecified atom stereocenters. The van der Waals surface area contributed by atoms with Crippen molar-refractivity contribution in [3.8, 4) is 22.2 Å². The monoisotopic (exact) mass is 448 g/mol. The zero-order valence-corrected chi connectivity index (χ0v) is 19.0. The lowest BCUT2D eigenvalue weighted by Gasteiger charge is -2.09. The topological polar surface area (TPSA) is 66.0 Å². The Balaban J connectivity index is 1.59. The molecule has 33 heavy (non-hydrogen) atoms. The number of benzene rings is 3. The Labute approximate surface area is 195 Å². The summed E-state index contributed by atoms with van der Waals surface area (Å²) < 4.78 is 2.31. The zero-order chi connectivity index (χ0) is 23.1. The molecule has 4 nitrogen and oxygen atoms in total. The Morgan fingerprint density at radius 3 is 2.06 bits per heavy atom. The van der Waals surface area contributed by atoms with Crippen LogP contribution in [0.5, 0.6) is 0 Å². The third-order valence-corrected chi connectivity index (χ3v) is 6.83. The Hall–Kier alpha value is -4.14. The molecular formula is C28H20N2O2S. The van der Waals surface area contributed by atoms with Gasteiger partial charge in [-0.25, -0.2) is 4.79 Å². The molecule has 0 saturated carbocycles. The van der Waals surface area contributed by atoms with Gasteiger partial charge in [-0.05, 0) is 73.0 Å². The van der Waals surface area contributed by atoms with Crippen LogP contribution in [0.15, 0.2) is 78.4 Å². The first-order chi connectivity index (χ1) is 15.9. The number of carbonyl (C=O) groups is 1. The number of fused-ring (bicyclic) bond motifs is 3. The SMILES string of the molecule is Cc1ccc2c3ccc(C)cc3n(-c3ccc(-c4ccc(/C=C(\C#N)C(=O)O)s4)cc3)c2c1. The minimum absolute atomic E-state index is 0.268. The zero-order valence-electron chi connectivity index (χ0n) is 18.2. The number of hydrogen-bond acceptors (Lipinski definition) is 3.